The van der Waals surface area contributed by atoms with E-state index in [-0.39, 0.29) is 5.91 Å². The number of hydrogen-bond donors (Lipinski definition) is 1. The predicted molar refractivity (Wildman–Crippen MR) is 98.3 cm³/mol. The lowest BCUT2D eigenvalue weighted by atomic mass is 9.97. The van der Waals surface area contributed by atoms with Gasteiger partial charge >= 0.3 is 0 Å². The topological polar surface area (TPSA) is 38.3 Å². The molecule has 0 aliphatic rings. The number of carbonyl (C=O) groups excluding carboxylic acids is 1. The number of ether oxygens (including phenoxy) is 1. The van der Waals surface area contributed by atoms with Crippen molar-refractivity contribution in [3.63, 3.8) is 0 Å². The van der Waals surface area contributed by atoms with Gasteiger partial charge in [0.1, 0.15) is 5.75 Å². The van der Waals surface area contributed by atoms with Gasteiger partial charge in [0.05, 0.1) is 7.11 Å². The molecule has 3 aromatic carbocycles. The van der Waals surface area contributed by atoms with E-state index in [1.54, 1.807) is 14.0 Å². The average Bonchev–Trinajstić information content (AvgIpc) is 2.61. The number of amides is 1. The smallest absolute Gasteiger partial charge is 0.216 e. The van der Waals surface area contributed by atoms with Gasteiger partial charge in [0.2, 0.25) is 5.91 Å². The minimum Gasteiger partial charge on any atom is -0.497 e. The molecule has 3 rings (SSSR count). The van der Waals surface area contributed by atoms with Crippen LogP contribution >= 0.6 is 0 Å². The molecule has 0 aliphatic carbocycles. The van der Waals surface area contributed by atoms with Crippen LogP contribution in [0.2, 0.25) is 0 Å². The molecule has 24 heavy (non-hydrogen) atoms. The Bertz CT molecular complexity index is 871. The summed E-state index contributed by atoms with van der Waals surface area (Å²) in [6, 6.07) is 20.9. The number of nitrogens with one attached hydrogen (secondary N) is 1. The molecular weight excluding hydrogens is 298 g/mol. The first-order chi connectivity index (χ1) is 11.7. The van der Waals surface area contributed by atoms with E-state index in [4.69, 9.17) is 4.74 Å². The summed E-state index contributed by atoms with van der Waals surface area (Å²) in [4.78, 5) is 11.1. The fourth-order valence-corrected chi connectivity index (χ4v) is 2.91. The van der Waals surface area contributed by atoms with E-state index in [1.165, 1.54) is 16.3 Å². The lowest BCUT2D eigenvalue weighted by Gasteiger charge is -2.10. The molecule has 0 spiro atoms. The molecule has 3 nitrogen and oxygen atoms in total. The number of rotatable bonds is 5. The van der Waals surface area contributed by atoms with E-state index in [0.29, 0.717) is 6.54 Å². The van der Waals surface area contributed by atoms with Crippen LogP contribution in [-0.2, 0) is 11.2 Å². The van der Waals surface area contributed by atoms with Crippen molar-refractivity contribution in [1.29, 1.82) is 0 Å². The molecule has 122 valence electrons. The van der Waals surface area contributed by atoms with Gasteiger partial charge in [-0.3, -0.25) is 4.79 Å². The fraction of sp³-hybridized carbons (Fsp3) is 0.190. The highest BCUT2D eigenvalue weighted by molar-refractivity contribution is 5.90. The Balaban J connectivity index is 1.97. The van der Waals surface area contributed by atoms with Crippen LogP contribution in [0.4, 0.5) is 0 Å². The molecule has 0 aromatic heterocycles. The first kappa shape index (κ1) is 16.1. The van der Waals surface area contributed by atoms with Crippen molar-refractivity contribution in [2.24, 2.45) is 0 Å². The standard InChI is InChI=1S/C21H21NO2/c1-15(23)22-12-11-17-6-3-5-16-9-10-19(14-21(16)17)18-7-4-8-20(13-18)24-2/h3-10,13-14H,11-12H2,1-2H3,(H,22,23). The van der Waals surface area contributed by atoms with E-state index in [1.807, 2.05) is 18.2 Å². The number of carbonyl (C=O) groups is 1. The van der Waals surface area contributed by atoms with Crippen molar-refractivity contribution in [3.05, 3.63) is 66.2 Å². The highest BCUT2D eigenvalue weighted by Gasteiger charge is 2.05. The van der Waals surface area contributed by atoms with Crippen molar-refractivity contribution in [3.8, 4) is 16.9 Å². The zero-order valence-electron chi connectivity index (χ0n) is 14.0. The summed E-state index contributed by atoms with van der Waals surface area (Å²) < 4.78 is 5.32. The maximum Gasteiger partial charge on any atom is 0.216 e. The molecule has 0 bridgehead atoms. The monoisotopic (exact) mass is 319 g/mol. The average molecular weight is 319 g/mol. The van der Waals surface area contributed by atoms with Crippen molar-refractivity contribution < 1.29 is 9.53 Å². The van der Waals surface area contributed by atoms with Crippen LogP contribution in [0.3, 0.4) is 0 Å². The summed E-state index contributed by atoms with van der Waals surface area (Å²) in [5.41, 5.74) is 3.53. The van der Waals surface area contributed by atoms with Gasteiger partial charge in [-0.05, 0) is 52.1 Å². The summed E-state index contributed by atoms with van der Waals surface area (Å²) in [6.45, 7) is 2.20. The molecule has 0 saturated carbocycles. The number of hydrogen-bond acceptors (Lipinski definition) is 2. The van der Waals surface area contributed by atoms with Gasteiger partial charge in [-0.25, -0.2) is 0 Å². The third-order valence-corrected chi connectivity index (χ3v) is 4.14. The maximum atomic E-state index is 11.1. The highest BCUT2D eigenvalue weighted by atomic mass is 16.5. The molecule has 1 N–H and O–H groups in total. The van der Waals surface area contributed by atoms with Crippen LogP contribution in [0, 0.1) is 0 Å². The molecule has 0 fully saturated rings. The SMILES string of the molecule is COc1cccc(-c2ccc3cccc(CCNC(C)=O)c3c2)c1. The minimum absolute atomic E-state index is 0.00677. The van der Waals surface area contributed by atoms with Crippen LogP contribution in [0.15, 0.2) is 60.7 Å². The second-order valence-electron chi connectivity index (χ2n) is 5.82. The summed E-state index contributed by atoms with van der Waals surface area (Å²) >= 11 is 0. The molecule has 0 saturated heterocycles. The van der Waals surface area contributed by atoms with Gasteiger partial charge in [-0.1, -0.05) is 42.5 Å². The van der Waals surface area contributed by atoms with Crippen LogP contribution in [0.1, 0.15) is 12.5 Å². The number of methoxy groups -OCH3 is 1. The zero-order chi connectivity index (χ0) is 16.9. The molecule has 0 atom stereocenters. The number of benzene rings is 3. The Morgan fingerprint density at radius 3 is 2.58 bits per heavy atom. The summed E-state index contributed by atoms with van der Waals surface area (Å²) in [6.07, 6.45) is 0.818. The van der Waals surface area contributed by atoms with Gasteiger partial charge in [0.15, 0.2) is 0 Å². The third kappa shape index (κ3) is 3.57. The lowest BCUT2D eigenvalue weighted by molar-refractivity contribution is -0.118. The Kier molecular flexibility index (Phi) is 4.80. The molecule has 0 radical (unpaired) electrons. The van der Waals surface area contributed by atoms with Gasteiger partial charge < -0.3 is 10.1 Å². The molecule has 0 unspecified atom stereocenters. The van der Waals surface area contributed by atoms with Crippen molar-refractivity contribution in [1.82, 2.24) is 5.32 Å². The van der Waals surface area contributed by atoms with Gasteiger partial charge in [-0.15, -0.1) is 0 Å². The van der Waals surface area contributed by atoms with E-state index in [9.17, 15) is 4.79 Å². The van der Waals surface area contributed by atoms with Crippen molar-refractivity contribution in [2.75, 3.05) is 13.7 Å². The summed E-state index contributed by atoms with van der Waals surface area (Å²) in [5, 5.41) is 5.30. The number of fused-ring (bicyclic) bond motifs is 1. The fourth-order valence-electron chi connectivity index (χ4n) is 2.91. The molecule has 1 amide bonds. The highest BCUT2D eigenvalue weighted by Crippen LogP contribution is 2.28. The van der Waals surface area contributed by atoms with Crippen LogP contribution in [-0.4, -0.2) is 19.6 Å². The Morgan fingerprint density at radius 2 is 1.79 bits per heavy atom. The molecule has 0 aliphatic heterocycles. The van der Waals surface area contributed by atoms with Crippen molar-refractivity contribution in [2.45, 2.75) is 13.3 Å². The molecule has 0 heterocycles. The van der Waals surface area contributed by atoms with Crippen molar-refractivity contribution >= 4 is 16.7 Å². The molecule has 3 heteroatoms. The Morgan fingerprint density at radius 1 is 1.00 bits per heavy atom. The first-order valence-corrected chi connectivity index (χ1v) is 8.08. The first-order valence-electron chi connectivity index (χ1n) is 8.08. The molecular formula is C21H21NO2. The van der Waals surface area contributed by atoms with Gasteiger partial charge in [0.25, 0.3) is 0 Å². The van der Waals surface area contributed by atoms with Crippen LogP contribution in [0.5, 0.6) is 5.75 Å². The quantitative estimate of drug-likeness (QED) is 0.765. The second-order valence-corrected chi connectivity index (χ2v) is 5.82. The summed E-state index contributed by atoms with van der Waals surface area (Å²) in [7, 11) is 1.68. The van der Waals surface area contributed by atoms with E-state index in [0.717, 1.165) is 23.3 Å². The van der Waals surface area contributed by atoms with Crippen LogP contribution in [0.25, 0.3) is 21.9 Å². The van der Waals surface area contributed by atoms with Gasteiger partial charge in [0, 0.05) is 13.5 Å². The predicted octanol–water partition coefficient (Wildman–Crippen LogP) is 4.19. The summed E-state index contributed by atoms with van der Waals surface area (Å²) in [5.74, 6) is 0.860. The Labute approximate surface area is 142 Å². The zero-order valence-corrected chi connectivity index (χ0v) is 14.0. The van der Waals surface area contributed by atoms with E-state index >= 15 is 0 Å². The van der Waals surface area contributed by atoms with Crippen LogP contribution < -0.4 is 10.1 Å². The third-order valence-electron chi connectivity index (χ3n) is 4.14. The largest absolute Gasteiger partial charge is 0.497 e. The Hall–Kier alpha value is -2.81. The lowest BCUT2D eigenvalue weighted by Crippen LogP contribution is -2.22. The van der Waals surface area contributed by atoms with E-state index in [2.05, 4.69) is 47.8 Å². The second kappa shape index (κ2) is 7.18. The maximum absolute atomic E-state index is 11.1. The van der Waals surface area contributed by atoms with E-state index < -0.39 is 0 Å². The minimum atomic E-state index is 0.00677. The molecule has 3 aromatic rings. The normalized spacial score (nSPS) is 10.6. The van der Waals surface area contributed by atoms with Gasteiger partial charge in [-0.2, -0.15) is 0 Å².